The lowest BCUT2D eigenvalue weighted by Crippen LogP contribution is -2.24. The summed E-state index contributed by atoms with van der Waals surface area (Å²) in [5, 5.41) is -0.120. The summed E-state index contributed by atoms with van der Waals surface area (Å²) in [5.41, 5.74) is 2.21. The van der Waals surface area contributed by atoms with Crippen molar-refractivity contribution in [3.8, 4) is 0 Å². The second-order valence-corrected chi connectivity index (χ2v) is 4.78. The molecule has 1 aliphatic rings. The number of carbonyl (C=O) groups is 1. The van der Waals surface area contributed by atoms with Crippen LogP contribution in [0, 0.1) is 6.92 Å². The topological polar surface area (TPSA) is 46.3 Å². The Bertz CT molecular complexity index is 593. The minimum atomic E-state index is -0.120. The van der Waals surface area contributed by atoms with Crippen LogP contribution in [0.15, 0.2) is 22.6 Å². The highest BCUT2D eigenvalue weighted by Gasteiger charge is 2.30. The van der Waals surface area contributed by atoms with Gasteiger partial charge in [0, 0.05) is 19.9 Å². The van der Waals surface area contributed by atoms with Gasteiger partial charge in [-0.1, -0.05) is 6.07 Å². The van der Waals surface area contributed by atoms with Gasteiger partial charge in [0.25, 0.3) is 0 Å². The SMILES string of the molecule is Cc1nc2c(N3CC(Cl)CC3=O)cccc2o1. The molecule has 0 N–H and O–H groups in total. The predicted octanol–water partition coefficient (Wildman–Crippen LogP) is 2.48. The van der Waals surface area contributed by atoms with Gasteiger partial charge in [-0.2, -0.15) is 0 Å². The quantitative estimate of drug-likeness (QED) is 0.731. The number of hydrogen-bond acceptors (Lipinski definition) is 3. The number of nitrogens with zero attached hydrogens (tertiary/aromatic N) is 2. The van der Waals surface area contributed by atoms with Crippen molar-refractivity contribution in [3.05, 3.63) is 24.1 Å². The lowest BCUT2D eigenvalue weighted by molar-refractivity contribution is -0.117. The van der Waals surface area contributed by atoms with Crippen LogP contribution in [0.25, 0.3) is 11.1 Å². The predicted molar refractivity (Wildman–Crippen MR) is 65.4 cm³/mol. The first kappa shape index (κ1) is 10.6. The van der Waals surface area contributed by atoms with Gasteiger partial charge in [0.1, 0.15) is 5.52 Å². The Labute approximate surface area is 103 Å². The van der Waals surface area contributed by atoms with Crippen molar-refractivity contribution in [1.82, 2.24) is 4.98 Å². The number of benzene rings is 1. The molecule has 1 unspecified atom stereocenters. The van der Waals surface area contributed by atoms with Crippen LogP contribution in [0.1, 0.15) is 12.3 Å². The lowest BCUT2D eigenvalue weighted by Gasteiger charge is -2.15. The molecule has 0 radical (unpaired) electrons. The first-order valence-corrected chi connectivity index (χ1v) is 5.89. The zero-order valence-electron chi connectivity index (χ0n) is 9.31. The Hall–Kier alpha value is -1.55. The second kappa shape index (κ2) is 3.74. The molecule has 1 aromatic carbocycles. The molecule has 4 nitrogen and oxygen atoms in total. The molecular formula is C12H11ClN2O2. The summed E-state index contributed by atoms with van der Waals surface area (Å²) >= 11 is 6.00. The average molecular weight is 251 g/mol. The second-order valence-electron chi connectivity index (χ2n) is 4.16. The molecule has 5 heteroatoms. The van der Waals surface area contributed by atoms with Crippen molar-refractivity contribution in [2.45, 2.75) is 18.7 Å². The van der Waals surface area contributed by atoms with Crippen molar-refractivity contribution < 1.29 is 9.21 Å². The van der Waals surface area contributed by atoms with Gasteiger partial charge in [0.05, 0.1) is 11.1 Å². The van der Waals surface area contributed by atoms with Crippen molar-refractivity contribution >= 4 is 34.3 Å². The molecule has 1 aromatic heterocycles. The molecule has 0 saturated carbocycles. The van der Waals surface area contributed by atoms with E-state index >= 15 is 0 Å². The molecular weight excluding hydrogens is 240 g/mol. The van der Waals surface area contributed by atoms with Crippen LogP contribution < -0.4 is 4.90 Å². The first-order valence-electron chi connectivity index (χ1n) is 5.46. The largest absolute Gasteiger partial charge is 0.441 e. The fraction of sp³-hybridized carbons (Fsp3) is 0.333. The minimum absolute atomic E-state index is 0.0400. The highest BCUT2D eigenvalue weighted by atomic mass is 35.5. The number of alkyl halides is 1. The molecule has 17 heavy (non-hydrogen) atoms. The van der Waals surface area contributed by atoms with Crippen LogP contribution in [-0.2, 0) is 4.79 Å². The number of amides is 1. The number of halogens is 1. The van der Waals surface area contributed by atoms with Crippen LogP contribution in [0.4, 0.5) is 5.69 Å². The van der Waals surface area contributed by atoms with E-state index in [2.05, 4.69) is 4.98 Å². The van der Waals surface area contributed by atoms with E-state index in [1.54, 1.807) is 11.8 Å². The zero-order valence-corrected chi connectivity index (χ0v) is 10.1. The summed E-state index contributed by atoms with van der Waals surface area (Å²) in [5.74, 6) is 0.639. The Kier molecular flexibility index (Phi) is 2.33. The summed E-state index contributed by atoms with van der Waals surface area (Å²) < 4.78 is 5.45. The number of aromatic nitrogens is 1. The molecule has 3 rings (SSSR count). The summed E-state index contributed by atoms with van der Waals surface area (Å²) in [7, 11) is 0. The van der Waals surface area contributed by atoms with E-state index in [1.807, 2.05) is 18.2 Å². The molecule has 0 aliphatic carbocycles. The molecule has 1 fully saturated rings. The van der Waals surface area contributed by atoms with Crippen molar-refractivity contribution in [3.63, 3.8) is 0 Å². The molecule has 1 saturated heterocycles. The third-order valence-electron chi connectivity index (χ3n) is 2.87. The van der Waals surface area contributed by atoms with Gasteiger partial charge in [0.2, 0.25) is 5.91 Å². The van der Waals surface area contributed by atoms with Gasteiger partial charge in [-0.15, -0.1) is 11.6 Å². The maximum absolute atomic E-state index is 11.8. The number of hydrogen-bond donors (Lipinski definition) is 0. The van der Waals surface area contributed by atoms with Gasteiger partial charge in [0.15, 0.2) is 11.5 Å². The van der Waals surface area contributed by atoms with Crippen LogP contribution in [0.2, 0.25) is 0 Å². The molecule has 0 spiro atoms. The number of carbonyl (C=O) groups excluding carboxylic acids is 1. The van der Waals surface area contributed by atoms with Gasteiger partial charge in [-0.05, 0) is 12.1 Å². The fourth-order valence-corrected chi connectivity index (χ4v) is 2.43. The summed E-state index contributed by atoms with van der Waals surface area (Å²) in [6.45, 7) is 2.32. The van der Waals surface area contributed by atoms with Crippen LogP contribution in [-0.4, -0.2) is 22.8 Å². The Morgan fingerprint density at radius 2 is 2.35 bits per heavy atom. The molecule has 2 aromatic rings. The van der Waals surface area contributed by atoms with Crippen LogP contribution in [0.5, 0.6) is 0 Å². The zero-order chi connectivity index (χ0) is 12.0. The number of para-hydroxylation sites is 1. The Morgan fingerprint density at radius 3 is 3.06 bits per heavy atom. The summed E-state index contributed by atoms with van der Waals surface area (Å²) in [6.07, 6.45) is 0.384. The number of oxazole rings is 1. The van der Waals surface area contributed by atoms with E-state index in [1.165, 1.54) is 0 Å². The molecule has 1 amide bonds. The monoisotopic (exact) mass is 250 g/mol. The fourth-order valence-electron chi connectivity index (χ4n) is 2.16. The molecule has 0 bridgehead atoms. The average Bonchev–Trinajstić information content (AvgIpc) is 2.79. The summed E-state index contributed by atoms with van der Waals surface area (Å²) in [6, 6.07) is 5.58. The normalized spacial score (nSPS) is 20.5. The number of rotatable bonds is 1. The highest BCUT2D eigenvalue weighted by molar-refractivity contribution is 6.24. The number of fused-ring (bicyclic) bond motifs is 1. The maximum Gasteiger partial charge on any atom is 0.228 e. The van der Waals surface area contributed by atoms with E-state index in [-0.39, 0.29) is 11.3 Å². The van der Waals surface area contributed by atoms with Crippen molar-refractivity contribution in [1.29, 1.82) is 0 Å². The maximum atomic E-state index is 11.8. The van der Waals surface area contributed by atoms with Crippen molar-refractivity contribution in [2.75, 3.05) is 11.4 Å². The Balaban J connectivity index is 2.14. The highest BCUT2D eigenvalue weighted by Crippen LogP contribution is 2.31. The van der Waals surface area contributed by atoms with Crippen LogP contribution >= 0.6 is 11.6 Å². The number of aryl methyl sites for hydroxylation is 1. The lowest BCUT2D eigenvalue weighted by atomic mass is 10.2. The van der Waals surface area contributed by atoms with E-state index < -0.39 is 0 Å². The first-order chi connectivity index (χ1) is 8.15. The molecule has 88 valence electrons. The van der Waals surface area contributed by atoms with E-state index in [9.17, 15) is 4.79 Å². The third-order valence-corrected chi connectivity index (χ3v) is 3.17. The summed E-state index contributed by atoms with van der Waals surface area (Å²) in [4.78, 5) is 17.8. The van der Waals surface area contributed by atoms with E-state index in [0.29, 0.717) is 24.4 Å². The minimum Gasteiger partial charge on any atom is -0.441 e. The van der Waals surface area contributed by atoms with Gasteiger partial charge < -0.3 is 9.32 Å². The molecule has 1 aliphatic heterocycles. The van der Waals surface area contributed by atoms with Gasteiger partial charge in [-0.3, -0.25) is 4.79 Å². The van der Waals surface area contributed by atoms with Gasteiger partial charge >= 0.3 is 0 Å². The molecule has 2 heterocycles. The van der Waals surface area contributed by atoms with E-state index in [4.69, 9.17) is 16.0 Å². The van der Waals surface area contributed by atoms with Gasteiger partial charge in [-0.25, -0.2) is 4.98 Å². The molecule has 1 atom stereocenters. The van der Waals surface area contributed by atoms with Crippen molar-refractivity contribution in [2.24, 2.45) is 0 Å². The Morgan fingerprint density at radius 1 is 1.53 bits per heavy atom. The van der Waals surface area contributed by atoms with Crippen LogP contribution in [0.3, 0.4) is 0 Å². The third kappa shape index (κ3) is 1.69. The van der Waals surface area contributed by atoms with E-state index in [0.717, 1.165) is 11.2 Å². The smallest absolute Gasteiger partial charge is 0.228 e. The number of anilines is 1. The standard InChI is InChI=1S/C12H11ClN2O2/c1-7-14-12-9(3-2-4-10(12)17-7)15-6-8(13)5-11(15)16/h2-4,8H,5-6H2,1H3.